The molecule has 1 amide bonds. The summed E-state index contributed by atoms with van der Waals surface area (Å²) in [4.78, 5) is 11.7. The van der Waals surface area contributed by atoms with Gasteiger partial charge in [0.2, 0.25) is 0 Å². The van der Waals surface area contributed by atoms with E-state index in [1.807, 2.05) is 0 Å². The van der Waals surface area contributed by atoms with Gasteiger partial charge < -0.3 is 4.74 Å². The normalized spacial score (nSPS) is 16.5. The van der Waals surface area contributed by atoms with Crippen LogP contribution in [0.25, 0.3) is 0 Å². The lowest BCUT2D eigenvalue weighted by Crippen LogP contribution is -2.32. The highest BCUT2D eigenvalue weighted by Crippen LogP contribution is 2.54. The molecule has 0 atom stereocenters. The molecule has 1 aliphatic rings. The third-order valence-electron chi connectivity index (χ3n) is 2.63. The number of halogens is 3. The van der Waals surface area contributed by atoms with Crippen LogP contribution in [0.15, 0.2) is 34.5 Å². The van der Waals surface area contributed by atoms with Crippen LogP contribution in [0.4, 0.5) is 23.7 Å². The van der Waals surface area contributed by atoms with Crippen molar-refractivity contribution in [3.8, 4) is 0 Å². The number of nitrogens with zero attached hydrogens (tertiary/aromatic N) is 2. The number of para-hydroxylation sites is 1. The highest BCUT2D eigenvalue weighted by molar-refractivity contribution is 5.86. The van der Waals surface area contributed by atoms with Crippen molar-refractivity contribution >= 4 is 11.8 Å². The number of carbonyl (C=O) groups excluding carboxylic acids is 1. The fraction of sp³-hybridized carbons (Fsp3) is 0.462. The number of alkyl halides is 3. The molecule has 0 saturated carbocycles. The minimum Gasteiger partial charge on any atom is -0.444 e. The summed E-state index contributed by atoms with van der Waals surface area (Å²) in [6, 6.07) is 5.49. The SMILES string of the molecule is CC(C)(C)OC(=O)Nc1ccccc1C1(C(F)(F)F)N=N1. The zero-order valence-electron chi connectivity index (χ0n) is 11.7. The van der Waals surface area contributed by atoms with Crippen LogP contribution in [0, 0.1) is 0 Å². The van der Waals surface area contributed by atoms with E-state index >= 15 is 0 Å². The van der Waals surface area contributed by atoms with Crippen LogP contribution >= 0.6 is 0 Å². The lowest BCUT2D eigenvalue weighted by molar-refractivity contribution is -0.166. The second kappa shape index (κ2) is 4.71. The first-order valence-corrected chi connectivity index (χ1v) is 6.15. The molecule has 1 aromatic rings. The summed E-state index contributed by atoms with van der Waals surface area (Å²) < 4.78 is 44.1. The average molecular weight is 301 g/mol. The van der Waals surface area contributed by atoms with Crippen LogP contribution in [-0.2, 0) is 10.4 Å². The van der Waals surface area contributed by atoms with Crippen molar-refractivity contribution < 1.29 is 22.7 Å². The molecule has 0 aliphatic carbocycles. The molecule has 0 saturated heterocycles. The van der Waals surface area contributed by atoms with Crippen LogP contribution in [0.3, 0.4) is 0 Å². The molecular weight excluding hydrogens is 287 g/mol. The van der Waals surface area contributed by atoms with Crippen molar-refractivity contribution in [2.45, 2.75) is 38.2 Å². The molecule has 0 unspecified atom stereocenters. The lowest BCUT2D eigenvalue weighted by Gasteiger charge is -2.22. The lowest BCUT2D eigenvalue weighted by atomic mass is 10.0. The number of hydrogen-bond donors (Lipinski definition) is 1. The third kappa shape index (κ3) is 3.14. The Morgan fingerprint density at radius 1 is 1.19 bits per heavy atom. The Kier molecular flexibility index (Phi) is 3.43. The molecule has 114 valence electrons. The Morgan fingerprint density at radius 3 is 2.24 bits per heavy atom. The van der Waals surface area contributed by atoms with E-state index in [2.05, 4.69) is 15.5 Å². The second-order valence-corrected chi connectivity index (χ2v) is 5.54. The van der Waals surface area contributed by atoms with E-state index in [1.54, 1.807) is 20.8 Å². The summed E-state index contributed by atoms with van der Waals surface area (Å²) in [5, 5.41) is 8.56. The van der Waals surface area contributed by atoms with Gasteiger partial charge in [-0.2, -0.15) is 13.2 Å². The van der Waals surface area contributed by atoms with E-state index in [1.165, 1.54) is 24.3 Å². The maximum atomic E-state index is 13.0. The number of benzene rings is 1. The number of carbonyl (C=O) groups is 1. The largest absolute Gasteiger partial charge is 0.444 e. The second-order valence-electron chi connectivity index (χ2n) is 5.54. The first-order valence-electron chi connectivity index (χ1n) is 6.15. The summed E-state index contributed by atoms with van der Waals surface area (Å²) >= 11 is 0. The predicted octanol–water partition coefficient (Wildman–Crippen LogP) is 4.21. The van der Waals surface area contributed by atoms with Crippen molar-refractivity contribution in [3.63, 3.8) is 0 Å². The maximum absolute atomic E-state index is 13.0. The Hall–Kier alpha value is -2.12. The molecule has 8 heteroatoms. The maximum Gasteiger partial charge on any atom is 0.442 e. The molecular formula is C13H14F3N3O2. The summed E-state index contributed by atoms with van der Waals surface area (Å²) in [5.41, 5.74) is -3.61. The van der Waals surface area contributed by atoms with Crippen molar-refractivity contribution in [3.05, 3.63) is 29.8 Å². The van der Waals surface area contributed by atoms with Gasteiger partial charge in [-0.3, -0.25) is 5.32 Å². The molecule has 0 spiro atoms. The molecule has 1 N–H and O–H groups in total. The standard InChI is InChI=1S/C13H14F3N3O2/c1-11(2,3)21-10(20)17-9-7-5-4-6-8(9)12(18-19-12)13(14,15)16/h4-7H,1-3H3,(H,17,20). The zero-order valence-corrected chi connectivity index (χ0v) is 11.7. The Balaban J connectivity index is 2.25. The molecule has 0 bridgehead atoms. The monoisotopic (exact) mass is 301 g/mol. The number of rotatable bonds is 2. The average Bonchev–Trinajstić information content (AvgIpc) is 3.07. The van der Waals surface area contributed by atoms with Gasteiger partial charge >= 0.3 is 17.9 Å². The summed E-state index contributed by atoms with van der Waals surface area (Å²) in [6.45, 7) is 4.96. The van der Waals surface area contributed by atoms with E-state index < -0.39 is 23.5 Å². The van der Waals surface area contributed by atoms with E-state index in [9.17, 15) is 18.0 Å². The summed E-state index contributed by atoms with van der Waals surface area (Å²) in [5.74, 6) is 0. The van der Waals surface area contributed by atoms with Gasteiger partial charge in [0.25, 0.3) is 0 Å². The number of nitrogens with one attached hydrogen (secondary N) is 1. The van der Waals surface area contributed by atoms with Gasteiger partial charge in [-0.1, -0.05) is 18.2 Å². The zero-order chi connectivity index (χ0) is 15.9. The number of amides is 1. The molecule has 1 aliphatic heterocycles. The molecule has 1 aromatic carbocycles. The molecule has 0 fully saturated rings. The van der Waals surface area contributed by atoms with Crippen LogP contribution in [0.1, 0.15) is 26.3 Å². The van der Waals surface area contributed by atoms with Gasteiger partial charge in [-0.05, 0) is 26.8 Å². The Bertz CT molecular complexity index is 585. The smallest absolute Gasteiger partial charge is 0.442 e. The Labute approximate surface area is 119 Å². The van der Waals surface area contributed by atoms with E-state index in [-0.39, 0.29) is 11.3 Å². The predicted molar refractivity (Wildman–Crippen MR) is 68.9 cm³/mol. The fourth-order valence-corrected chi connectivity index (χ4v) is 1.73. The van der Waals surface area contributed by atoms with Gasteiger partial charge in [0.15, 0.2) is 0 Å². The third-order valence-corrected chi connectivity index (χ3v) is 2.63. The van der Waals surface area contributed by atoms with Crippen molar-refractivity contribution in [2.24, 2.45) is 10.2 Å². The molecule has 1 heterocycles. The van der Waals surface area contributed by atoms with Gasteiger partial charge in [0, 0.05) is 5.56 Å². The fourth-order valence-electron chi connectivity index (χ4n) is 1.73. The van der Waals surface area contributed by atoms with Gasteiger partial charge in [0.05, 0.1) is 5.69 Å². The Morgan fingerprint density at radius 2 is 1.76 bits per heavy atom. The molecule has 21 heavy (non-hydrogen) atoms. The van der Waals surface area contributed by atoms with Crippen molar-refractivity contribution in [1.82, 2.24) is 0 Å². The van der Waals surface area contributed by atoms with Crippen LogP contribution in [0.5, 0.6) is 0 Å². The first kappa shape index (κ1) is 15.3. The van der Waals surface area contributed by atoms with Crippen LogP contribution in [0.2, 0.25) is 0 Å². The topological polar surface area (TPSA) is 63.0 Å². The van der Waals surface area contributed by atoms with E-state index in [0.717, 1.165) is 0 Å². The quantitative estimate of drug-likeness (QED) is 0.889. The van der Waals surface area contributed by atoms with Gasteiger partial charge in [0.1, 0.15) is 5.60 Å². The van der Waals surface area contributed by atoms with E-state index in [0.29, 0.717) is 0 Å². The van der Waals surface area contributed by atoms with Crippen molar-refractivity contribution in [1.29, 1.82) is 0 Å². The summed E-state index contributed by atoms with van der Waals surface area (Å²) in [6.07, 6.45) is -5.49. The number of hydrogen-bond acceptors (Lipinski definition) is 4. The summed E-state index contributed by atoms with van der Waals surface area (Å²) in [7, 11) is 0. The molecule has 0 radical (unpaired) electrons. The van der Waals surface area contributed by atoms with Crippen molar-refractivity contribution in [2.75, 3.05) is 5.32 Å². The minimum atomic E-state index is -4.65. The highest BCUT2D eigenvalue weighted by Gasteiger charge is 2.66. The number of anilines is 1. The molecule has 2 rings (SSSR count). The van der Waals surface area contributed by atoms with Crippen LogP contribution in [-0.4, -0.2) is 17.9 Å². The van der Waals surface area contributed by atoms with Gasteiger partial charge in [-0.25, -0.2) is 4.79 Å². The van der Waals surface area contributed by atoms with E-state index in [4.69, 9.17) is 4.74 Å². The molecule has 5 nitrogen and oxygen atoms in total. The minimum absolute atomic E-state index is 0.0333. The van der Waals surface area contributed by atoms with Crippen LogP contribution < -0.4 is 5.32 Å². The number of ether oxygens (including phenoxy) is 1. The van der Waals surface area contributed by atoms with Gasteiger partial charge in [-0.15, -0.1) is 10.2 Å². The first-order chi connectivity index (χ1) is 9.55. The molecule has 0 aromatic heterocycles. The highest BCUT2D eigenvalue weighted by atomic mass is 19.4.